The van der Waals surface area contributed by atoms with Gasteiger partial charge in [0.1, 0.15) is 0 Å². The van der Waals surface area contributed by atoms with Crippen LogP contribution in [0.4, 0.5) is 5.69 Å². The van der Waals surface area contributed by atoms with Crippen LogP contribution in [-0.2, 0) is 0 Å². The van der Waals surface area contributed by atoms with Gasteiger partial charge in [-0.15, -0.1) is 0 Å². The molecule has 2 rings (SSSR count). The van der Waals surface area contributed by atoms with Crippen molar-refractivity contribution in [3.05, 3.63) is 30.3 Å². The molecule has 1 aliphatic heterocycles. The molecule has 1 saturated heterocycles. The topological polar surface area (TPSA) is 15.3 Å². The SMILES string of the molecule is CN(c1ccccc1)C1CCNC1. The summed E-state index contributed by atoms with van der Waals surface area (Å²) in [4.78, 5) is 2.36. The number of nitrogens with one attached hydrogen (secondary N) is 1. The fraction of sp³-hybridized carbons (Fsp3) is 0.455. The van der Waals surface area contributed by atoms with Gasteiger partial charge in [0.25, 0.3) is 0 Å². The second kappa shape index (κ2) is 3.79. The maximum Gasteiger partial charge on any atom is 0.0423 e. The lowest BCUT2D eigenvalue weighted by Gasteiger charge is -2.25. The molecule has 1 aliphatic rings. The third kappa shape index (κ3) is 1.83. The van der Waals surface area contributed by atoms with E-state index in [1.165, 1.54) is 12.1 Å². The van der Waals surface area contributed by atoms with E-state index in [0.29, 0.717) is 6.04 Å². The Kier molecular flexibility index (Phi) is 2.50. The molecule has 0 bridgehead atoms. The summed E-state index contributed by atoms with van der Waals surface area (Å²) in [7, 11) is 2.17. The first-order chi connectivity index (χ1) is 6.38. The average Bonchev–Trinajstić information content (AvgIpc) is 2.71. The number of likely N-dealkylation sites (N-methyl/N-ethyl adjacent to an activating group) is 1. The Morgan fingerprint density at radius 2 is 2.08 bits per heavy atom. The fourth-order valence-corrected chi connectivity index (χ4v) is 1.84. The molecule has 13 heavy (non-hydrogen) atoms. The molecule has 1 atom stereocenters. The van der Waals surface area contributed by atoms with Gasteiger partial charge in [0, 0.05) is 25.3 Å². The van der Waals surface area contributed by atoms with Crippen molar-refractivity contribution in [1.29, 1.82) is 0 Å². The molecular weight excluding hydrogens is 160 g/mol. The van der Waals surface area contributed by atoms with E-state index in [1.807, 2.05) is 0 Å². The molecule has 1 fully saturated rings. The van der Waals surface area contributed by atoms with Crippen LogP contribution in [0, 0.1) is 0 Å². The Morgan fingerprint density at radius 3 is 2.69 bits per heavy atom. The van der Waals surface area contributed by atoms with Crippen molar-refractivity contribution < 1.29 is 0 Å². The number of benzene rings is 1. The van der Waals surface area contributed by atoms with Gasteiger partial charge < -0.3 is 10.2 Å². The lowest BCUT2D eigenvalue weighted by molar-refractivity contribution is 0.686. The van der Waals surface area contributed by atoms with Crippen LogP contribution in [0.15, 0.2) is 30.3 Å². The van der Waals surface area contributed by atoms with Gasteiger partial charge >= 0.3 is 0 Å². The van der Waals surface area contributed by atoms with Gasteiger partial charge in [-0.3, -0.25) is 0 Å². The first-order valence-corrected chi connectivity index (χ1v) is 4.86. The molecule has 1 aromatic carbocycles. The fourth-order valence-electron chi connectivity index (χ4n) is 1.84. The highest BCUT2D eigenvalue weighted by atomic mass is 15.2. The zero-order valence-electron chi connectivity index (χ0n) is 8.03. The van der Waals surface area contributed by atoms with E-state index in [2.05, 4.69) is 47.6 Å². The van der Waals surface area contributed by atoms with Crippen LogP contribution in [0.25, 0.3) is 0 Å². The molecule has 0 spiro atoms. The highest BCUT2D eigenvalue weighted by Crippen LogP contribution is 2.17. The number of rotatable bonds is 2. The normalized spacial score (nSPS) is 21.8. The van der Waals surface area contributed by atoms with Crippen molar-refractivity contribution in [1.82, 2.24) is 5.32 Å². The van der Waals surface area contributed by atoms with Crippen LogP contribution in [0.2, 0.25) is 0 Å². The molecule has 1 unspecified atom stereocenters. The average molecular weight is 176 g/mol. The summed E-state index contributed by atoms with van der Waals surface area (Å²) >= 11 is 0. The zero-order valence-corrected chi connectivity index (χ0v) is 8.03. The summed E-state index contributed by atoms with van der Waals surface area (Å²) in [5.41, 5.74) is 1.32. The van der Waals surface area contributed by atoms with Gasteiger partial charge in [-0.1, -0.05) is 18.2 Å². The van der Waals surface area contributed by atoms with Crippen molar-refractivity contribution in [2.75, 3.05) is 25.0 Å². The van der Waals surface area contributed by atoms with E-state index in [1.54, 1.807) is 0 Å². The van der Waals surface area contributed by atoms with E-state index in [-0.39, 0.29) is 0 Å². The van der Waals surface area contributed by atoms with Crippen molar-refractivity contribution in [2.45, 2.75) is 12.5 Å². The Morgan fingerprint density at radius 1 is 1.31 bits per heavy atom. The first-order valence-electron chi connectivity index (χ1n) is 4.86. The van der Waals surface area contributed by atoms with Crippen LogP contribution in [0.3, 0.4) is 0 Å². The number of nitrogens with zero attached hydrogens (tertiary/aromatic N) is 1. The summed E-state index contributed by atoms with van der Waals surface area (Å²) < 4.78 is 0. The van der Waals surface area contributed by atoms with E-state index in [4.69, 9.17) is 0 Å². The molecule has 0 radical (unpaired) electrons. The van der Waals surface area contributed by atoms with Gasteiger partial charge in [0.05, 0.1) is 0 Å². The molecule has 1 heterocycles. The standard InChI is InChI=1S/C11H16N2/c1-13(11-7-8-12-9-11)10-5-3-2-4-6-10/h2-6,11-12H,7-9H2,1H3. The largest absolute Gasteiger partial charge is 0.370 e. The van der Waals surface area contributed by atoms with E-state index >= 15 is 0 Å². The van der Waals surface area contributed by atoms with Crippen molar-refractivity contribution in [3.8, 4) is 0 Å². The van der Waals surface area contributed by atoms with Crippen LogP contribution in [-0.4, -0.2) is 26.2 Å². The minimum absolute atomic E-state index is 0.669. The van der Waals surface area contributed by atoms with Crippen LogP contribution < -0.4 is 10.2 Å². The van der Waals surface area contributed by atoms with Gasteiger partial charge in [-0.25, -0.2) is 0 Å². The molecule has 1 N–H and O–H groups in total. The molecule has 0 amide bonds. The Labute approximate surface area is 79.6 Å². The lowest BCUT2D eigenvalue weighted by atomic mass is 10.2. The highest BCUT2D eigenvalue weighted by Gasteiger charge is 2.18. The lowest BCUT2D eigenvalue weighted by Crippen LogP contribution is -2.33. The molecule has 0 aliphatic carbocycles. The van der Waals surface area contributed by atoms with Crippen LogP contribution in [0.5, 0.6) is 0 Å². The van der Waals surface area contributed by atoms with Gasteiger partial charge in [-0.05, 0) is 25.1 Å². The highest BCUT2D eigenvalue weighted by molar-refractivity contribution is 5.46. The van der Waals surface area contributed by atoms with Crippen molar-refractivity contribution in [3.63, 3.8) is 0 Å². The summed E-state index contributed by atoms with van der Waals surface area (Å²) in [5, 5.41) is 3.38. The summed E-state index contributed by atoms with van der Waals surface area (Å²) in [5.74, 6) is 0. The minimum Gasteiger partial charge on any atom is -0.370 e. The van der Waals surface area contributed by atoms with E-state index < -0.39 is 0 Å². The molecule has 0 saturated carbocycles. The first kappa shape index (κ1) is 8.57. The van der Waals surface area contributed by atoms with Gasteiger partial charge in [0.15, 0.2) is 0 Å². The molecule has 2 heteroatoms. The Balaban J connectivity index is 2.08. The Hall–Kier alpha value is -1.02. The third-order valence-corrected chi connectivity index (χ3v) is 2.75. The second-order valence-electron chi connectivity index (χ2n) is 3.59. The van der Waals surface area contributed by atoms with Crippen LogP contribution >= 0.6 is 0 Å². The van der Waals surface area contributed by atoms with E-state index in [9.17, 15) is 0 Å². The zero-order chi connectivity index (χ0) is 9.10. The number of hydrogen-bond donors (Lipinski definition) is 1. The monoisotopic (exact) mass is 176 g/mol. The minimum atomic E-state index is 0.669. The second-order valence-corrected chi connectivity index (χ2v) is 3.59. The number of hydrogen-bond acceptors (Lipinski definition) is 2. The predicted molar refractivity (Wildman–Crippen MR) is 56.1 cm³/mol. The van der Waals surface area contributed by atoms with Crippen molar-refractivity contribution in [2.24, 2.45) is 0 Å². The van der Waals surface area contributed by atoms with E-state index in [0.717, 1.165) is 13.1 Å². The molecule has 2 nitrogen and oxygen atoms in total. The summed E-state index contributed by atoms with van der Waals surface area (Å²) in [6, 6.07) is 11.2. The maximum absolute atomic E-state index is 3.38. The molecular formula is C11H16N2. The third-order valence-electron chi connectivity index (χ3n) is 2.75. The van der Waals surface area contributed by atoms with Gasteiger partial charge in [0.2, 0.25) is 0 Å². The molecule has 1 aromatic rings. The molecule has 0 aromatic heterocycles. The van der Waals surface area contributed by atoms with Crippen molar-refractivity contribution >= 4 is 5.69 Å². The Bertz CT molecular complexity index is 252. The van der Waals surface area contributed by atoms with Crippen LogP contribution in [0.1, 0.15) is 6.42 Å². The summed E-state index contributed by atoms with van der Waals surface area (Å²) in [6.07, 6.45) is 1.26. The summed E-state index contributed by atoms with van der Waals surface area (Å²) in [6.45, 7) is 2.27. The predicted octanol–water partition coefficient (Wildman–Crippen LogP) is 1.48. The maximum atomic E-state index is 3.38. The smallest absolute Gasteiger partial charge is 0.0423 e. The quantitative estimate of drug-likeness (QED) is 0.734. The van der Waals surface area contributed by atoms with Gasteiger partial charge in [-0.2, -0.15) is 0 Å². The number of anilines is 1. The molecule has 70 valence electrons. The number of para-hydroxylation sites is 1.